The van der Waals surface area contributed by atoms with Crippen LogP contribution in [0.5, 0.6) is 6.01 Å². The van der Waals surface area contributed by atoms with Gasteiger partial charge >= 0.3 is 6.01 Å². The molecular formula is C19H22FN5O3. The van der Waals surface area contributed by atoms with Gasteiger partial charge in [-0.3, -0.25) is 4.79 Å². The number of aromatic nitrogens is 3. The Morgan fingerprint density at radius 1 is 1.21 bits per heavy atom. The van der Waals surface area contributed by atoms with Gasteiger partial charge in [0, 0.05) is 13.1 Å². The molecule has 4 rings (SSSR count). The number of carbonyl (C=O) groups is 1. The Kier molecular flexibility index (Phi) is 5.08. The number of rotatable bonds is 6. The Bertz CT molecular complexity index is 851. The zero-order chi connectivity index (χ0) is 19.6. The number of amides is 1. The Balaban J connectivity index is 1.46. The molecule has 2 aromatic rings. The van der Waals surface area contributed by atoms with Gasteiger partial charge in [-0.25, -0.2) is 4.39 Å². The molecule has 0 atom stereocenters. The molecular weight excluding hydrogens is 365 g/mol. The summed E-state index contributed by atoms with van der Waals surface area (Å²) in [4.78, 5) is 27.8. The maximum atomic E-state index is 13.2. The molecule has 1 aliphatic carbocycles. The molecule has 2 heterocycles. The van der Waals surface area contributed by atoms with Crippen LogP contribution >= 0.6 is 0 Å². The summed E-state index contributed by atoms with van der Waals surface area (Å²) in [5.41, 5.74) is 0.242. The molecule has 2 fully saturated rings. The molecule has 0 spiro atoms. The van der Waals surface area contributed by atoms with Gasteiger partial charge in [-0.05, 0) is 30.5 Å². The predicted octanol–water partition coefficient (Wildman–Crippen LogP) is 1.20. The Hall–Kier alpha value is -2.81. The average molecular weight is 387 g/mol. The van der Waals surface area contributed by atoms with E-state index in [4.69, 9.17) is 9.47 Å². The number of methoxy groups -OCH3 is 1. The molecule has 1 N–H and O–H groups in total. The number of halogens is 1. The Morgan fingerprint density at radius 3 is 2.57 bits per heavy atom. The Morgan fingerprint density at radius 2 is 1.93 bits per heavy atom. The minimum atomic E-state index is -0.585. The van der Waals surface area contributed by atoms with Crippen LogP contribution in [0.2, 0.25) is 0 Å². The van der Waals surface area contributed by atoms with E-state index in [0.717, 1.165) is 18.4 Å². The number of anilines is 1. The largest absolute Gasteiger partial charge is 0.467 e. The van der Waals surface area contributed by atoms with Crippen molar-refractivity contribution < 1.29 is 18.7 Å². The van der Waals surface area contributed by atoms with E-state index in [9.17, 15) is 9.18 Å². The Labute approximate surface area is 162 Å². The van der Waals surface area contributed by atoms with E-state index in [-0.39, 0.29) is 24.3 Å². The summed E-state index contributed by atoms with van der Waals surface area (Å²) in [7, 11) is 1.49. The first-order chi connectivity index (χ1) is 13.6. The van der Waals surface area contributed by atoms with E-state index in [0.29, 0.717) is 38.1 Å². The molecule has 1 aromatic heterocycles. The third-order valence-corrected chi connectivity index (χ3v) is 5.11. The number of carbonyl (C=O) groups excluding carboxylic acids is 1. The first-order valence-electron chi connectivity index (χ1n) is 9.27. The summed E-state index contributed by atoms with van der Waals surface area (Å²) in [5.74, 6) is 0.523. The van der Waals surface area contributed by atoms with Crippen molar-refractivity contribution in [3.8, 4) is 6.01 Å². The van der Waals surface area contributed by atoms with Crippen molar-refractivity contribution in [3.63, 3.8) is 0 Å². The molecule has 0 bridgehead atoms. The number of nitrogens with zero attached hydrogens (tertiary/aromatic N) is 4. The molecule has 2 aliphatic rings. The summed E-state index contributed by atoms with van der Waals surface area (Å²) >= 11 is 0. The highest BCUT2D eigenvalue weighted by Gasteiger charge is 2.51. The summed E-state index contributed by atoms with van der Waals surface area (Å²) in [5, 5.41) is 2.91. The van der Waals surface area contributed by atoms with Gasteiger partial charge < -0.3 is 19.7 Å². The molecule has 1 aromatic carbocycles. The fourth-order valence-corrected chi connectivity index (χ4v) is 3.33. The normalized spacial score (nSPS) is 17.9. The zero-order valence-electron chi connectivity index (χ0n) is 15.7. The molecule has 9 heteroatoms. The summed E-state index contributed by atoms with van der Waals surface area (Å²) in [6.07, 6.45) is 1.48. The zero-order valence-corrected chi connectivity index (χ0v) is 15.7. The number of hydrogen-bond acceptors (Lipinski definition) is 7. The fraction of sp³-hybridized carbons (Fsp3) is 0.474. The lowest BCUT2D eigenvalue weighted by Gasteiger charge is -2.27. The standard InChI is InChI=1S/C19H22FN5O3/c1-27-18-23-15(22-17(24-18)25-8-10-28-11-9-25)12-21-16(26)19(6-7-19)13-2-4-14(20)5-3-13/h2-5H,6-12H2,1H3,(H,21,26). The van der Waals surface area contributed by atoms with Gasteiger partial charge in [0.25, 0.3) is 0 Å². The minimum Gasteiger partial charge on any atom is -0.467 e. The summed E-state index contributed by atoms with van der Waals surface area (Å²) < 4.78 is 23.7. The van der Waals surface area contributed by atoms with Gasteiger partial charge in [0.1, 0.15) is 5.82 Å². The summed E-state index contributed by atoms with van der Waals surface area (Å²) in [6, 6.07) is 6.32. The highest BCUT2D eigenvalue weighted by molar-refractivity contribution is 5.91. The van der Waals surface area contributed by atoms with E-state index in [1.807, 2.05) is 4.90 Å². The van der Waals surface area contributed by atoms with E-state index >= 15 is 0 Å². The van der Waals surface area contributed by atoms with Crippen molar-refractivity contribution in [2.24, 2.45) is 0 Å². The predicted molar refractivity (Wildman–Crippen MR) is 98.6 cm³/mol. The molecule has 28 heavy (non-hydrogen) atoms. The number of ether oxygens (including phenoxy) is 2. The average Bonchev–Trinajstić information content (AvgIpc) is 3.55. The number of nitrogens with one attached hydrogen (secondary N) is 1. The monoisotopic (exact) mass is 387 g/mol. The van der Waals surface area contributed by atoms with Gasteiger partial charge in [0.15, 0.2) is 5.82 Å². The van der Waals surface area contributed by atoms with Crippen LogP contribution < -0.4 is 15.0 Å². The van der Waals surface area contributed by atoms with Crippen LogP contribution in [0, 0.1) is 5.82 Å². The number of benzene rings is 1. The summed E-state index contributed by atoms with van der Waals surface area (Å²) in [6.45, 7) is 2.76. The van der Waals surface area contributed by atoms with Crippen LogP contribution in [0.4, 0.5) is 10.3 Å². The molecule has 0 unspecified atom stereocenters. The number of morpholine rings is 1. The molecule has 1 saturated heterocycles. The van der Waals surface area contributed by atoms with Crippen molar-refractivity contribution in [1.82, 2.24) is 20.3 Å². The lowest BCUT2D eigenvalue weighted by Crippen LogP contribution is -2.38. The van der Waals surface area contributed by atoms with E-state index in [1.54, 1.807) is 12.1 Å². The molecule has 148 valence electrons. The second-order valence-electron chi connectivity index (χ2n) is 6.91. The maximum Gasteiger partial charge on any atom is 0.321 e. The fourth-order valence-electron chi connectivity index (χ4n) is 3.33. The first kappa shape index (κ1) is 18.5. The van der Waals surface area contributed by atoms with Gasteiger partial charge in [0.05, 0.1) is 32.3 Å². The van der Waals surface area contributed by atoms with E-state index in [1.165, 1.54) is 19.2 Å². The molecule has 1 aliphatic heterocycles. The molecule has 0 radical (unpaired) electrons. The first-order valence-corrected chi connectivity index (χ1v) is 9.27. The van der Waals surface area contributed by atoms with Crippen molar-refractivity contribution in [2.45, 2.75) is 24.8 Å². The third kappa shape index (κ3) is 3.75. The molecule has 1 amide bonds. The quantitative estimate of drug-likeness (QED) is 0.797. The second-order valence-corrected chi connectivity index (χ2v) is 6.91. The highest BCUT2D eigenvalue weighted by atomic mass is 19.1. The van der Waals surface area contributed by atoms with Gasteiger partial charge in [-0.2, -0.15) is 15.0 Å². The molecule has 1 saturated carbocycles. The maximum absolute atomic E-state index is 13.2. The third-order valence-electron chi connectivity index (χ3n) is 5.11. The van der Waals surface area contributed by atoms with E-state index in [2.05, 4.69) is 20.3 Å². The van der Waals surface area contributed by atoms with Gasteiger partial charge in [-0.1, -0.05) is 12.1 Å². The lowest BCUT2D eigenvalue weighted by molar-refractivity contribution is -0.123. The van der Waals surface area contributed by atoms with Crippen LogP contribution in [-0.4, -0.2) is 54.3 Å². The van der Waals surface area contributed by atoms with Gasteiger partial charge in [0.2, 0.25) is 11.9 Å². The lowest BCUT2D eigenvalue weighted by atomic mass is 9.95. The topological polar surface area (TPSA) is 89.5 Å². The minimum absolute atomic E-state index is 0.105. The van der Waals surface area contributed by atoms with Crippen LogP contribution in [0.3, 0.4) is 0 Å². The van der Waals surface area contributed by atoms with Crippen LogP contribution in [0.25, 0.3) is 0 Å². The van der Waals surface area contributed by atoms with Crippen molar-refractivity contribution in [2.75, 3.05) is 38.3 Å². The highest BCUT2D eigenvalue weighted by Crippen LogP contribution is 2.48. The van der Waals surface area contributed by atoms with Crippen molar-refractivity contribution in [3.05, 3.63) is 41.5 Å². The van der Waals surface area contributed by atoms with Crippen LogP contribution in [0.15, 0.2) is 24.3 Å². The molecule has 8 nitrogen and oxygen atoms in total. The second kappa shape index (κ2) is 7.67. The number of hydrogen-bond donors (Lipinski definition) is 1. The van der Waals surface area contributed by atoms with Gasteiger partial charge in [-0.15, -0.1) is 0 Å². The SMILES string of the molecule is COc1nc(CNC(=O)C2(c3ccc(F)cc3)CC2)nc(N2CCOCC2)n1. The smallest absolute Gasteiger partial charge is 0.321 e. The van der Waals surface area contributed by atoms with Crippen LogP contribution in [0.1, 0.15) is 24.2 Å². The van der Waals surface area contributed by atoms with Crippen LogP contribution in [-0.2, 0) is 21.5 Å². The van der Waals surface area contributed by atoms with Crippen molar-refractivity contribution >= 4 is 11.9 Å². The van der Waals surface area contributed by atoms with Crippen molar-refractivity contribution in [1.29, 1.82) is 0 Å². The van der Waals surface area contributed by atoms with E-state index < -0.39 is 5.41 Å².